The Hall–Kier alpha value is -2.99. The zero-order chi connectivity index (χ0) is 82.2. The van der Waals surface area contributed by atoms with E-state index in [2.05, 4.69) is 111 Å². The monoisotopic (exact) mass is 1560 g/mol. The van der Waals surface area contributed by atoms with Crippen molar-refractivity contribution in [2.45, 2.75) is 369 Å². The Bertz CT molecular complexity index is 2890. The summed E-state index contributed by atoms with van der Waals surface area (Å²) in [5.41, 5.74) is -6.03. The number of esters is 4. The van der Waals surface area contributed by atoms with Crippen molar-refractivity contribution in [2.24, 2.45) is 105 Å². The van der Waals surface area contributed by atoms with Crippen LogP contribution >= 0.6 is 12.3 Å². The largest absolute Gasteiger partial charge is 0.463 e. The van der Waals surface area contributed by atoms with Crippen LogP contribution < -0.4 is 0 Å². The molecule has 0 aromatic rings. The zero-order valence-corrected chi connectivity index (χ0v) is 72.5. The lowest BCUT2D eigenvalue weighted by molar-refractivity contribution is -0.294. The molecule has 628 valence electrons. The summed E-state index contributed by atoms with van der Waals surface area (Å²) >= 11 is 0.419. The lowest BCUT2D eigenvalue weighted by atomic mass is 9.69. The van der Waals surface area contributed by atoms with Crippen molar-refractivity contribution in [3.63, 3.8) is 0 Å². The van der Waals surface area contributed by atoms with Crippen molar-refractivity contribution in [2.75, 3.05) is 20.3 Å². The van der Waals surface area contributed by atoms with Crippen LogP contribution in [-0.4, -0.2) is 181 Å². The van der Waals surface area contributed by atoms with Gasteiger partial charge in [-0.05, 0) is 125 Å². The fraction of sp³-hybridized carbons (Fsp3) is 0.928. The number of ether oxygens (including phenoxy) is 12. The number of aliphatic hydroxyl groups is 3. The third kappa shape index (κ3) is 23.4. The molecule has 32 atom stereocenters. The van der Waals surface area contributed by atoms with Gasteiger partial charge < -0.3 is 72.2 Å². The second-order valence-electron chi connectivity index (χ2n) is 36.9. The molecule has 24 nitrogen and oxygen atoms in total. The summed E-state index contributed by atoms with van der Waals surface area (Å²) in [6.07, 6.45) is -6.98. The van der Waals surface area contributed by atoms with Gasteiger partial charge in [0.1, 0.15) is 43.1 Å². The van der Waals surface area contributed by atoms with Gasteiger partial charge in [-0.1, -0.05) is 152 Å². The third-order valence-corrected chi connectivity index (χ3v) is 26.8. The van der Waals surface area contributed by atoms with Crippen LogP contribution in [0.3, 0.4) is 0 Å². The van der Waals surface area contributed by atoms with Gasteiger partial charge in [-0.25, -0.2) is 4.89 Å². The molecule has 6 aliphatic heterocycles. The molecule has 6 heterocycles. The highest BCUT2D eigenvalue weighted by atomic mass is 32.2. The number of ketones is 2. The average molecular weight is 1560 g/mol. The molecule has 0 aromatic carbocycles. The number of rotatable bonds is 18. The van der Waals surface area contributed by atoms with E-state index < -0.39 is 180 Å². The van der Waals surface area contributed by atoms with Crippen LogP contribution in [0, 0.1) is 105 Å². The number of carbonyl (C=O) groups is 6. The third-order valence-electron chi connectivity index (χ3n) is 26.3. The zero-order valence-electron chi connectivity index (χ0n) is 71.7. The summed E-state index contributed by atoms with van der Waals surface area (Å²) in [6.45, 7) is 57.2. The number of hydrogen-bond acceptors (Lipinski definition) is 25. The van der Waals surface area contributed by atoms with Crippen LogP contribution in [0.4, 0.5) is 0 Å². The number of aliphatic hydroxyl groups excluding tert-OH is 1. The van der Waals surface area contributed by atoms with E-state index in [0.29, 0.717) is 49.8 Å². The van der Waals surface area contributed by atoms with Crippen molar-refractivity contribution in [3.8, 4) is 0 Å². The minimum atomic E-state index is -2.26. The predicted octanol–water partition coefficient (Wildman–Crippen LogP) is 14.1. The Morgan fingerprint density at radius 2 is 0.833 bits per heavy atom. The van der Waals surface area contributed by atoms with Gasteiger partial charge in [0, 0.05) is 74.0 Å². The van der Waals surface area contributed by atoms with Gasteiger partial charge in [-0.2, -0.15) is 0 Å². The molecule has 6 saturated heterocycles. The van der Waals surface area contributed by atoms with E-state index in [4.69, 9.17) is 70.2 Å². The molecule has 108 heavy (non-hydrogen) atoms. The summed E-state index contributed by atoms with van der Waals surface area (Å²) < 4.78 is 87.8. The molecule has 0 amide bonds. The molecule has 6 fully saturated rings. The number of carbonyl (C=O) groups excluding carboxylic acids is 6. The van der Waals surface area contributed by atoms with E-state index in [1.165, 1.54) is 21.0 Å². The smallest absolute Gasteiger partial charge is 0.311 e. The Balaban J connectivity index is 0.000000388. The quantitative estimate of drug-likeness (QED) is 0.0287. The molecule has 4 unspecified atom stereocenters. The van der Waals surface area contributed by atoms with E-state index in [1.54, 1.807) is 41.5 Å². The normalized spacial score (nSPS) is 43.8. The van der Waals surface area contributed by atoms with Gasteiger partial charge in [-0.15, -0.1) is 4.33 Å². The van der Waals surface area contributed by atoms with E-state index in [9.17, 15) is 44.1 Å². The second-order valence-corrected chi connectivity index (χ2v) is 37.4. The first-order valence-electron chi connectivity index (χ1n) is 40.4. The fourth-order valence-corrected chi connectivity index (χ4v) is 18.9. The van der Waals surface area contributed by atoms with Gasteiger partial charge in [0.2, 0.25) is 0 Å². The highest BCUT2D eigenvalue weighted by Crippen LogP contribution is 2.50. The molecule has 25 heteroatoms. The van der Waals surface area contributed by atoms with Crippen molar-refractivity contribution in [1.82, 2.24) is 0 Å². The maximum absolute atomic E-state index is 14.6. The SMILES string of the molecule is CC[C@H]1OC(=O)[C@H](C)[C@@H](OC2CC(C)(C)[C@@H](C)[C@H](C)O2)[C@H](C)[C@@H](OC2O[C@H](C)C[C@H](C)[C@H]2C)C(C)(C)C[C@@H](C)C(=O)[C@H](C)[C@@H](O)[C@@]1(O)COC(C)=O.CC[C@H]1OC(=O)[C@H](C)[C@@H](OC2CC(C)(C)[C@@H](C)[C@H](C)O2)[C@H](C)[C@@H](OC2O[C@H](C)C[C@H](C)[C@H]2C)C(C)(C)C[C@@H](C)C(=O)[C@H](C)[C@@H](OSOOC)[C@@]1(O)COC(C)=O. The first kappa shape index (κ1) is 95.6. The van der Waals surface area contributed by atoms with Crippen LogP contribution in [-0.2, 0) is 99.0 Å². The van der Waals surface area contributed by atoms with Crippen molar-refractivity contribution in [3.05, 3.63) is 0 Å². The molecular formula is C83H146O24S. The molecule has 0 bridgehead atoms. The van der Waals surface area contributed by atoms with Gasteiger partial charge in [0.15, 0.2) is 48.7 Å². The van der Waals surface area contributed by atoms with Crippen LogP contribution in [0.2, 0.25) is 0 Å². The first-order valence-corrected chi connectivity index (χ1v) is 41.1. The first-order chi connectivity index (χ1) is 49.8. The molecule has 0 aliphatic carbocycles. The Morgan fingerprint density at radius 3 is 1.19 bits per heavy atom. The highest BCUT2D eigenvalue weighted by molar-refractivity contribution is 7.89. The Kier molecular flexibility index (Phi) is 35.0. The van der Waals surface area contributed by atoms with Crippen molar-refractivity contribution >= 4 is 47.8 Å². The Labute approximate surface area is 652 Å². The minimum absolute atomic E-state index is 0.00466. The summed E-state index contributed by atoms with van der Waals surface area (Å²) in [5.74, 6) is -7.63. The van der Waals surface area contributed by atoms with Crippen LogP contribution in [0.25, 0.3) is 0 Å². The number of Topliss-reactive ketones (excluding diaryl/α,β-unsaturated/α-hetero) is 2. The van der Waals surface area contributed by atoms with E-state index in [0.717, 1.165) is 12.8 Å². The van der Waals surface area contributed by atoms with Crippen LogP contribution in [0.1, 0.15) is 259 Å². The van der Waals surface area contributed by atoms with Crippen molar-refractivity contribution in [1.29, 1.82) is 0 Å². The fourth-order valence-electron chi connectivity index (χ4n) is 18.4. The van der Waals surface area contributed by atoms with E-state index in [-0.39, 0.29) is 83.3 Å². The summed E-state index contributed by atoms with van der Waals surface area (Å²) in [5, 5.41) is 36.4. The lowest BCUT2D eigenvalue weighted by Crippen LogP contribution is -2.61. The Morgan fingerprint density at radius 1 is 0.472 bits per heavy atom. The molecule has 6 aliphatic rings. The number of hydrogen-bond donors (Lipinski definition) is 3. The summed E-state index contributed by atoms with van der Waals surface area (Å²) in [4.78, 5) is 86.4. The van der Waals surface area contributed by atoms with Gasteiger partial charge in [-0.3, -0.25) is 33.0 Å². The topological polar surface area (TPSA) is 302 Å². The maximum Gasteiger partial charge on any atom is 0.311 e. The molecule has 0 aromatic heterocycles. The molecule has 6 rings (SSSR count). The van der Waals surface area contributed by atoms with Gasteiger partial charge in [0.05, 0.1) is 73.9 Å². The summed E-state index contributed by atoms with van der Waals surface area (Å²) in [7, 11) is 1.28. The van der Waals surface area contributed by atoms with Crippen molar-refractivity contribution < 1.29 is 114 Å². The van der Waals surface area contributed by atoms with Gasteiger partial charge >= 0.3 is 23.9 Å². The minimum Gasteiger partial charge on any atom is -0.463 e. The highest BCUT2D eigenvalue weighted by Gasteiger charge is 2.58. The van der Waals surface area contributed by atoms with Crippen LogP contribution in [0.15, 0.2) is 0 Å². The average Bonchev–Trinajstić information content (AvgIpc) is 0.876. The molecular weight excluding hydrogens is 1410 g/mol. The lowest BCUT2D eigenvalue weighted by Gasteiger charge is -2.49. The van der Waals surface area contributed by atoms with Gasteiger partial charge in [0.25, 0.3) is 0 Å². The molecule has 3 N–H and O–H groups in total. The molecule has 0 spiro atoms. The van der Waals surface area contributed by atoms with E-state index >= 15 is 0 Å². The van der Waals surface area contributed by atoms with E-state index in [1.807, 2.05) is 41.5 Å². The summed E-state index contributed by atoms with van der Waals surface area (Å²) in [6, 6.07) is 0. The standard InChI is InChI=1S/C42H74O13S.C41H72O11/c1-17-32-42(46,21-48-31(11)43)37(54-56-55-47-16)26(6)34(44)23(3)19-41(14,15)36(53-39-25(5)22(2)18-24(4)49-39)27(7)35(28(8)38(45)51-32)52-33-20-40(12,13)29(9)30(10)50-33;1-16-31-41(46,20-47-30(11)42)35(44)25(6)33(43)22(3)18-40(14,15)36(52-38-24(5)21(2)17-23(4)48-38)26(7)34(27(8)37(45)50-31)51-32-19-39(12,13)28(9)29(10)49-32/h22-30,32-33,35-37,39,46H,17-21H2,1-16H3;21-29,31-32,34-36,38,44,46H,16-20H2,1-15H3/t22-,23+,24+,25+,26-,27-,28+,29-,30-,32+,33?,35-,36+,37+,39?,42+;21-,22+,23+,24+,25-,26-,27+,28-,29-,31+,32?,34-,35+,36+,38?,41+/m00/s1. The molecule has 0 saturated carbocycles. The number of cyclic esters (lactones) is 2. The van der Waals surface area contributed by atoms with Crippen LogP contribution in [0.5, 0.6) is 0 Å². The maximum atomic E-state index is 14.6. The molecule has 0 radical (unpaired) electrons. The second kappa shape index (κ2) is 39.6. The predicted molar refractivity (Wildman–Crippen MR) is 408 cm³/mol.